The molecule has 3 saturated carbocycles. The van der Waals surface area contributed by atoms with Crippen molar-refractivity contribution in [2.75, 3.05) is 21.1 Å². The molecule has 0 N–H and O–H groups in total. The first-order valence-electron chi connectivity index (χ1n) is 14.3. The van der Waals surface area contributed by atoms with Crippen molar-refractivity contribution in [1.82, 2.24) is 14.7 Å². The second-order valence-corrected chi connectivity index (χ2v) is 11.4. The van der Waals surface area contributed by atoms with Crippen LogP contribution in [0.4, 0.5) is 0 Å². The number of nitrogens with zero attached hydrogens (tertiary/aromatic N) is 3. The summed E-state index contributed by atoms with van der Waals surface area (Å²) < 4.78 is 0. The summed E-state index contributed by atoms with van der Waals surface area (Å²) in [6.45, 7) is 0. The fourth-order valence-electron chi connectivity index (χ4n) is 6.53. The molecule has 3 aliphatic carbocycles. The third kappa shape index (κ3) is 5.95. The molecule has 0 heterocycles. The van der Waals surface area contributed by atoms with Gasteiger partial charge in [0.05, 0.1) is 11.1 Å². The molecule has 0 bridgehead atoms. The van der Waals surface area contributed by atoms with Gasteiger partial charge in [0.25, 0.3) is 17.7 Å². The van der Waals surface area contributed by atoms with Crippen LogP contribution in [0.25, 0.3) is 0 Å². The quantitative estimate of drug-likeness (QED) is 0.494. The molecule has 4 rings (SSSR count). The fraction of sp³-hybridized carbons (Fsp3) is 0.700. The standard InChI is InChI=1S/C30H45N3O3/c1-31(23-13-7-4-8-14-23)28(34)22-19-20-26(29(35)32(2)24-15-9-5-10-16-24)27(21-22)30(36)33(3)25-17-11-6-12-18-25/h19-21,23-25H,4-18H2,1-3H3. The molecule has 0 unspecified atom stereocenters. The van der Waals surface area contributed by atoms with Gasteiger partial charge in [-0.15, -0.1) is 0 Å². The van der Waals surface area contributed by atoms with E-state index in [1.54, 1.807) is 18.2 Å². The summed E-state index contributed by atoms with van der Waals surface area (Å²) in [5.41, 5.74) is 1.30. The molecule has 0 aliphatic heterocycles. The lowest BCUT2D eigenvalue weighted by molar-refractivity contribution is 0.0654. The Kier molecular flexibility index (Phi) is 9.08. The Morgan fingerprint density at radius 2 is 0.889 bits per heavy atom. The summed E-state index contributed by atoms with van der Waals surface area (Å²) in [6, 6.07) is 5.82. The van der Waals surface area contributed by atoms with E-state index in [1.165, 1.54) is 19.3 Å². The molecule has 0 saturated heterocycles. The normalized spacial score (nSPS) is 20.1. The molecule has 36 heavy (non-hydrogen) atoms. The van der Waals surface area contributed by atoms with Crippen LogP contribution in [-0.4, -0.2) is 71.7 Å². The molecule has 0 radical (unpaired) electrons. The lowest BCUT2D eigenvalue weighted by Crippen LogP contribution is -2.42. The van der Waals surface area contributed by atoms with E-state index >= 15 is 0 Å². The van der Waals surface area contributed by atoms with Crippen molar-refractivity contribution < 1.29 is 14.4 Å². The Bertz CT molecular complexity index is 927. The van der Waals surface area contributed by atoms with Crippen LogP contribution in [0.2, 0.25) is 0 Å². The minimum atomic E-state index is -0.141. The van der Waals surface area contributed by atoms with Crippen LogP contribution >= 0.6 is 0 Å². The first-order chi connectivity index (χ1) is 17.4. The van der Waals surface area contributed by atoms with Gasteiger partial charge in [-0.2, -0.15) is 0 Å². The number of rotatable bonds is 6. The van der Waals surface area contributed by atoms with E-state index < -0.39 is 0 Å². The highest BCUT2D eigenvalue weighted by molar-refractivity contribution is 6.09. The maximum absolute atomic E-state index is 13.8. The van der Waals surface area contributed by atoms with E-state index in [0.717, 1.165) is 77.0 Å². The second kappa shape index (κ2) is 12.2. The van der Waals surface area contributed by atoms with Gasteiger partial charge in [-0.25, -0.2) is 0 Å². The van der Waals surface area contributed by atoms with Crippen molar-refractivity contribution in [2.24, 2.45) is 0 Å². The van der Waals surface area contributed by atoms with E-state index in [9.17, 15) is 14.4 Å². The zero-order valence-corrected chi connectivity index (χ0v) is 22.6. The summed E-state index contributed by atoms with van der Waals surface area (Å²) in [6.07, 6.45) is 16.6. The van der Waals surface area contributed by atoms with E-state index in [4.69, 9.17) is 0 Å². The minimum absolute atomic E-state index is 0.0593. The van der Waals surface area contributed by atoms with Crippen molar-refractivity contribution in [2.45, 2.75) is 114 Å². The number of amides is 3. The van der Waals surface area contributed by atoms with E-state index in [-0.39, 0.29) is 35.8 Å². The monoisotopic (exact) mass is 495 g/mol. The molecule has 198 valence electrons. The molecular formula is C30H45N3O3. The highest BCUT2D eigenvalue weighted by Crippen LogP contribution is 2.28. The van der Waals surface area contributed by atoms with Gasteiger partial charge in [0, 0.05) is 44.8 Å². The highest BCUT2D eigenvalue weighted by atomic mass is 16.2. The number of carbonyl (C=O) groups excluding carboxylic acids is 3. The molecule has 1 aromatic carbocycles. The van der Waals surface area contributed by atoms with Crippen LogP contribution in [0.15, 0.2) is 18.2 Å². The molecule has 1 aromatic rings. The van der Waals surface area contributed by atoms with Gasteiger partial charge in [0.15, 0.2) is 0 Å². The largest absolute Gasteiger partial charge is 0.339 e. The Morgan fingerprint density at radius 1 is 0.528 bits per heavy atom. The smallest absolute Gasteiger partial charge is 0.254 e. The molecule has 3 amide bonds. The van der Waals surface area contributed by atoms with Crippen LogP contribution in [0.3, 0.4) is 0 Å². The zero-order chi connectivity index (χ0) is 25.7. The number of benzene rings is 1. The molecule has 3 fully saturated rings. The second-order valence-electron chi connectivity index (χ2n) is 11.4. The van der Waals surface area contributed by atoms with Crippen molar-refractivity contribution in [1.29, 1.82) is 0 Å². The third-order valence-corrected chi connectivity index (χ3v) is 9.06. The van der Waals surface area contributed by atoms with Gasteiger partial charge in [-0.05, 0) is 56.7 Å². The minimum Gasteiger partial charge on any atom is -0.339 e. The lowest BCUT2D eigenvalue weighted by Gasteiger charge is -2.34. The topological polar surface area (TPSA) is 60.9 Å². The van der Waals surface area contributed by atoms with E-state index in [2.05, 4.69) is 0 Å². The summed E-state index contributed by atoms with van der Waals surface area (Å²) in [7, 11) is 5.61. The van der Waals surface area contributed by atoms with Crippen molar-refractivity contribution in [3.63, 3.8) is 0 Å². The molecule has 6 heteroatoms. The molecule has 0 aromatic heterocycles. The lowest BCUT2D eigenvalue weighted by atomic mass is 9.92. The van der Waals surface area contributed by atoms with Crippen LogP contribution in [0.5, 0.6) is 0 Å². The van der Waals surface area contributed by atoms with Crippen LogP contribution in [0, 0.1) is 0 Å². The van der Waals surface area contributed by atoms with Crippen molar-refractivity contribution in [3.05, 3.63) is 34.9 Å². The average Bonchev–Trinajstić information content (AvgIpc) is 2.95. The van der Waals surface area contributed by atoms with Gasteiger partial charge in [0.1, 0.15) is 0 Å². The number of hydrogen-bond acceptors (Lipinski definition) is 3. The highest BCUT2D eigenvalue weighted by Gasteiger charge is 2.31. The Balaban J connectivity index is 1.63. The van der Waals surface area contributed by atoms with E-state index in [0.29, 0.717) is 16.7 Å². The molecule has 3 aliphatic rings. The predicted octanol–water partition coefficient (Wildman–Crippen LogP) is 5.90. The van der Waals surface area contributed by atoms with Gasteiger partial charge < -0.3 is 14.7 Å². The molecular weight excluding hydrogens is 450 g/mol. The number of hydrogen-bond donors (Lipinski definition) is 0. The number of carbonyl (C=O) groups is 3. The molecule has 6 nitrogen and oxygen atoms in total. The fourth-order valence-corrected chi connectivity index (χ4v) is 6.53. The average molecular weight is 496 g/mol. The Labute approximate surface area is 217 Å². The zero-order valence-electron chi connectivity index (χ0n) is 22.6. The first kappa shape index (κ1) is 26.7. The van der Waals surface area contributed by atoms with Crippen LogP contribution in [0.1, 0.15) is 127 Å². The maximum atomic E-state index is 13.8. The van der Waals surface area contributed by atoms with Gasteiger partial charge >= 0.3 is 0 Å². The third-order valence-electron chi connectivity index (χ3n) is 9.06. The Hall–Kier alpha value is -2.37. The van der Waals surface area contributed by atoms with Gasteiger partial charge in [-0.3, -0.25) is 14.4 Å². The molecule has 0 atom stereocenters. The van der Waals surface area contributed by atoms with Gasteiger partial charge in [0.2, 0.25) is 0 Å². The predicted molar refractivity (Wildman–Crippen MR) is 143 cm³/mol. The van der Waals surface area contributed by atoms with Crippen LogP contribution in [-0.2, 0) is 0 Å². The summed E-state index contributed by atoms with van der Waals surface area (Å²) in [5.74, 6) is -0.310. The van der Waals surface area contributed by atoms with Crippen LogP contribution < -0.4 is 0 Å². The SMILES string of the molecule is CN(C(=O)c1ccc(C(=O)N(C)C2CCCCC2)c(C(=O)N(C)C2CCCCC2)c1)C1CCCCC1. The summed E-state index contributed by atoms with van der Waals surface area (Å²) in [4.78, 5) is 46.5. The molecule has 0 spiro atoms. The Morgan fingerprint density at radius 3 is 1.31 bits per heavy atom. The summed E-state index contributed by atoms with van der Waals surface area (Å²) in [5, 5.41) is 0. The van der Waals surface area contributed by atoms with E-state index in [1.807, 2.05) is 35.8 Å². The first-order valence-corrected chi connectivity index (χ1v) is 14.3. The van der Waals surface area contributed by atoms with Gasteiger partial charge in [-0.1, -0.05) is 57.8 Å². The maximum Gasteiger partial charge on any atom is 0.254 e. The van der Waals surface area contributed by atoms with Crippen molar-refractivity contribution >= 4 is 17.7 Å². The summed E-state index contributed by atoms with van der Waals surface area (Å²) >= 11 is 0. The van der Waals surface area contributed by atoms with Crippen molar-refractivity contribution in [3.8, 4) is 0 Å².